The fourth-order valence-electron chi connectivity index (χ4n) is 2.77. The van der Waals surface area contributed by atoms with Crippen molar-refractivity contribution in [1.82, 2.24) is 19.7 Å². The summed E-state index contributed by atoms with van der Waals surface area (Å²) in [6, 6.07) is 4.49. The van der Waals surface area contributed by atoms with E-state index in [0.29, 0.717) is 28.8 Å². The molecule has 1 aromatic carbocycles. The molecule has 0 unspecified atom stereocenters. The maximum Gasteiger partial charge on any atom is 0.416 e. The molecule has 2 heterocycles. The van der Waals surface area contributed by atoms with Crippen molar-refractivity contribution in [1.29, 1.82) is 10.8 Å². The standard InChI is InChI=1S/C19H16ClF3N6O/c1-3-14-13(8-26-9-27-14)12-5-4-11(19(21,22)23)7-15(12)30-16-6-10(2)17(24)29(28-16)18(20)25/h4-9,24-25H,3H2,1-2H3. The third-order valence-electron chi connectivity index (χ3n) is 4.25. The van der Waals surface area contributed by atoms with Crippen molar-refractivity contribution in [2.24, 2.45) is 0 Å². The third kappa shape index (κ3) is 4.33. The van der Waals surface area contributed by atoms with Gasteiger partial charge in [0.05, 0.1) is 11.3 Å². The minimum Gasteiger partial charge on any atom is -0.437 e. The summed E-state index contributed by atoms with van der Waals surface area (Å²) in [6.07, 6.45) is -1.18. The Labute approximate surface area is 174 Å². The molecule has 7 nitrogen and oxygen atoms in total. The quantitative estimate of drug-likeness (QED) is 0.463. The average Bonchev–Trinajstić information content (AvgIpc) is 2.69. The van der Waals surface area contributed by atoms with E-state index in [4.69, 9.17) is 27.2 Å². The van der Waals surface area contributed by atoms with Crippen molar-refractivity contribution < 1.29 is 17.9 Å². The van der Waals surface area contributed by atoms with E-state index in [1.807, 2.05) is 6.92 Å². The topological polar surface area (TPSA) is 101 Å². The van der Waals surface area contributed by atoms with Gasteiger partial charge < -0.3 is 4.74 Å². The molecule has 0 atom stereocenters. The predicted octanol–water partition coefficient (Wildman–Crippen LogP) is 4.52. The molecule has 0 aliphatic rings. The lowest BCUT2D eigenvalue weighted by atomic mass is 10.0. The number of rotatable bonds is 4. The molecule has 0 radical (unpaired) electrons. The molecule has 0 aliphatic heterocycles. The highest BCUT2D eigenvalue weighted by molar-refractivity contribution is 6.64. The second-order valence-electron chi connectivity index (χ2n) is 6.26. The number of nitrogens with zero attached hydrogens (tertiary/aromatic N) is 4. The second kappa shape index (κ2) is 8.23. The number of benzene rings is 1. The van der Waals surface area contributed by atoms with E-state index < -0.39 is 17.0 Å². The summed E-state index contributed by atoms with van der Waals surface area (Å²) < 4.78 is 46.4. The number of ether oxygens (including phenoxy) is 1. The van der Waals surface area contributed by atoms with E-state index in [1.165, 1.54) is 24.7 Å². The van der Waals surface area contributed by atoms with Crippen molar-refractivity contribution in [3.8, 4) is 22.8 Å². The largest absolute Gasteiger partial charge is 0.437 e. The first-order valence-corrected chi connectivity index (χ1v) is 9.08. The number of nitrogens with one attached hydrogen (secondary N) is 2. The van der Waals surface area contributed by atoms with Crippen LogP contribution < -0.4 is 10.2 Å². The van der Waals surface area contributed by atoms with Crippen LogP contribution in [0.3, 0.4) is 0 Å². The molecule has 0 spiro atoms. The smallest absolute Gasteiger partial charge is 0.416 e. The first-order valence-electron chi connectivity index (χ1n) is 8.70. The van der Waals surface area contributed by atoms with E-state index >= 15 is 0 Å². The lowest BCUT2D eigenvalue weighted by Crippen LogP contribution is -2.28. The molecule has 3 rings (SSSR count). The summed E-state index contributed by atoms with van der Waals surface area (Å²) in [5.41, 5.74) is 0.839. The zero-order valence-electron chi connectivity index (χ0n) is 15.9. The molecular weight excluding hydrogens is 421 g/mol. The third-order valence-corrected chi connectivity index (χ3v) is 4.41. The van der Waals surface area contributed by atoms with E-state index in [9.17, 15) is 13.2 Å². The Morgan fingerprint density at radius 1 is 1.23 bits per heavy atom. The monoisotopic (exact) mass is 436 g/mol. The lowest BCUT2D eigenvalue weighted by Gasteiger charge is -2.16. The predicted molar refractivity (Wildman–Crippen MR) is 104 cm³/mol. The van der Waals surface area contributed by atoms with Gasteiger partial charge in [-0.3, -0.25) is 10.8 Å². The summed E-state index contributed by atoms with van der Waals surface area (Å²) >= 11 is 5.65. The van der Waals surface area contributed by atoms with E-state index in [1.54, 1.807) is 6.92 Å². The summed E-state index contributed by atoms with van der Waals surface area (Å²) in [4.78, 5) is 8.15. The highest BCUT2D eigenvalue weighted by Gasteiger charge is 2.32. The second-order valence-corrected chi connectivity index (χ2v) is 6.62. The van der Waals surface area contributed by atoms with Crippen LogP contribution in [0.5, 0.6) is 11.6 Å². The molecule has 0 amide bonds. The summed E-state index contributed by atoms with van der Waals surface area (Å²) in [5, 5.41) is 18.8. The van der Waals surface area contributed by atoms with Crippen LogP contribution in [0.2, 0.25) is 0 Å². The fraction of sp³-hybridized carbons (Fsp3) is 0.211. The molecule has 3 aromatic rings. The van der Waals surface area contributed by atoms with Crippen LogP contribution in [0.1, 0.15) is 23.7 Å². The first kappa shape index (κ1) is 21.4. The van der Waals surface area contributed by atoms with E-state index in [-0.39, 0.29) is 17.1 Å². The Bertz CT molecular complexity index is 1180. The summed E-state index contributed by atoms with van der Waals surface area (Å²) in [6.45, 7) is 3.43. The number of halogens is 4. The first-order chi connectivity index (χ1) is 14.1. The van der Waals surface area contributed by atoms with Gasteiger partial charge in [0, 0.05) is 23.4 Å². The van der Waals surface area contributed by atoms with Crippen LogP contribution in [-0.2, 0) is 12.6 Å². The molecule has 0 saturated heterocycles. The van der Waals surface area contributed by atoms with Gasteiger partial charge in [0.15, 0.2) is 5.49 Å². The molecule has 0 aliphatic carbocycles. The molecule has 2 N–H and O–H groups in total. The summed E-state index contributed by atoms with van der Waals surface area (Å²) in [7, 11) is 0. The minimum atomic E-state index is -4.58. The number of hydrogen-bond acceptors (Lipinski definition) is 6. The van der Waals surface area contributed by atoms with Gasteiger partial charge in [0.1, 0.15) is 12.1 Å². The Kier molecular flexibility index (Phi) is 5.88. The zero-order chi connectivity index (χ0) is 22.1. The minimum absolute atomic E-state index is 0.119. The average molecular weight is 437 g/mol. The van der Waals surface area contributed by atoms with Crippen LogP contribution in [0.25, 0.3) is 11.1 Å². The molecule has 30 heavy (non-hydrogen) atoms. The van der Waals surface area contributed by atoms with Crippen LogP contribution in [0.4, 0.5) is 13.2 Å². The van der Waals surface area contributed by atoms with Gasteiger partial charge in [-0.1, -0.05) is 6.92 Å². The number of aryl methyl sites for hydroxylation is 2. The molecule has 0 bridgehead atoms. The van der Waals surface area contributed by atoms with Gasteiger partial charge in [-0.25, -0.2) is 9.97 Å². The van der Waals surface area contributed by atoms with Gasteiger partial charge in [-0.15, -0.1) is 5.10 Å². The highest BCUT2D eigenvalue weighted by Crippen LogP contribution is 2.39. The number of hydrogen-bond donors (Lipinski definition) is 2. The highest BCUT2D eigenvalue weighted by atomic mass is 35.5. The van der Waals surface area contributed by atoms with Crippen LogP contribution in [-0.4, -0.2) is 25.0 Å². The Morgan fingerprint density at radius 2 is 1.97 bits per heavy atom. The van der Waals surface area contributed by atoms with E-state index in [2.05, 4.69) is 15.1 Å². The lowest BCUT2D eigenvalue weighted by molar-refractivity contribution is -0.137. The van der Waals surface area contributed by atoms with Crippen molar-refractivity contribution in [3.05, 3.63) is 59.1 Å². The van der Waals surface area contributed by atoms with Crippen LogP contribution in [0, 0.1) is 17.7 Å². The summed E-state index contributed by atoms with van der Waals surface area (Å²) in [5.74, 6) is -0.240. The van der Waals surface area contributed by atoms with Crippen LogP contribution >= 0.6 is 11.6 Å². The van der Waals surface area contributed by atoms with Gasteiger partial charge in [-0.05, 0) is 48.7 Å². The molecular formula is C19H16ClF3N6O. The van der Waals surface area contributed by atoms with Gasteiger partial charge in [0.2, 0.25) is 11.2 Å². The number of aromatic nitrogens is 4. The molecule has 156 valence electrons. The SMILES string of the molecule is CCc1ncncc1-c1ccc(C(F)(F)F)cc1Oc1cc(C)c(=N)n(C(=N)Cl)n1. The fourth-order valence-corrected chi connectivity index (χ4v) is 2.89. The Hall–Kier alpha value is -3.27. The molecule has 0 saturated carbocycles. The molecule has 2 aromatic heterocycles. The van der Waals surface area contributed by atoms with Crippen molar-refractivity contribution in [2.75, 3.05) is 0 Å². The Morgan fingerprint density at radius 3 is 2.60 bits per heavy atom. The van der Waals surface area contributed by atoms with Gasteiger partial charge in [-0.2, -0.15) is 17.9 Å². The van der Waals surface area contributed by atoms with Gasteiger partial charge in [0.25, 0.3) is 0 Å². The Balaban J connectivity index is 2.20. The molecule has 0 fully saturated rings. The van der Waals surface area contributed by atoms with Crippen LogP contribution in [0.15, 0.2) is 36.8 Å². The van der Waals surface area contributed by atoms with Gasteiger partial charge >= 0.3 is 6.18 Å². The normalized spacial score (nSPS) is 11.4. The maximum atomic E-state index is 13.3. The van der Waals surface area contributed by atoms with Crippen molar-refractivity contribution in [3.63, 3.8) is 0 Å². The number of alkyl halides is 3. The maximum absolute atomic E-state index is 13.3. The molecule has 11 heteroatoms. The van der Waals surface area contributed by atoms with Crippen molar-refractivity contribution >= 4 is 16.9 Å². The zero-order valence-corrected chi connectivity index (χ0v) is 16.6. The van der Waals surface area contributed by atoms with Crippen molar-refractivity contribution in [2.45, 2.75) is 26.4 Å². The van der Waals surface area contributed by atoms with E-state index in [0.717, 1.165) is 16.8 Å².